The van der Waals surface area contributed by atoms with Crippen molar-refractivity contribution in [1.82, 2.24) is 20.2 Å². The monoisotopic (exact) mass is 490 g/mol. The van der Waals surface area contributed by atoms with Crippen LogP contribution in [-0.2, 0) is 25.8 Å². The van der Waals surface area contributed by atoms with Gasteiger partial charge < -0.3 is 15.2 Å². The molecule has 10 nitrogen and oxygen atoms in total. The fraction of sp³-hybridized carbons (Fsp3) is 0.640. The van der Waals surface area contributed by atoms with Crippen LogP contribution < -0.4 is 5.32 Å². The van der Waals surface area contributed by atoms with Crippen molar-refractivity contribution in [2.24, 2.45) is 0 Å². The fourth-order valence-electron chi connectivity index (χ4n) is 4.91. The van der Waals surface area contributed by atoms with E-state index in [0.717, 1.165) is 5.56 Å². The largest absolute Gasteiger partial charge is 0.444 e. The number of likely N-dealkylation sites (tertiary alicyclic amines) is 1. The van der Waals surface area contributed by atoms with Crippen LogP contribution in [0.5, 0.6) is 0 Å². The van der Waals surface area contributed by atoms with E-state index in [4.69, 9.17) is 9.57 Å². The van der Waals surface area contributed by atoms with Crippen molar-refractivity contribution in [1.29, 1.82) is 0 Å². The van der Waals surface area contributed by atoms with Crippen LogP contribution in [0.15, 0.2) is 30.3 Å². The van der Waals surface area contributed by atoms with E-state index >= 15 is 0 Å². The van der Waals surface area contributed by atoms with E-state index in [1.807, 2.05) is 30.3 Å². The molecule has 1 aromatic carbocycles. The van der Waals surface area contributed by atoms with Crippen LogP contribution in [-0.4, -0.2) is 94.4 Å². The molecule has 3 amide bonds. The van der Waals surface area contributed by atoms with E-state index in [1.54, 1.807) is 39.6 Å². The molecule has 3 rings (SSSR count). The molecule has 2 saturated heterocycles. The van der Waals surface area contributed by atoms with Gasteiger partial charge in [0.15, 0.2) is 0 Å². The van der Waals surface area contributed by atoms with Crippen molar-refractivity contribution < 1.29 is 29.1 Å². The average molecular weight is 491 g/mol. The quantitative estimate of drug-likeness (QED) is 0.532. The number of benzene rings is 1. The number of β-lactam (4-membered cyclic amide) rings is 1. The molecule has 2 heterocycles. The molecule has 0 radical (unpaired) electrons. The maximum absolute atomic E-state index is 13.3. The summed E-state index contributed by atoms with van der Waals surface area (Å²) < 4.78 is 5.68. The van der Waals surface area contributed by atoms with Gasteiger partial charge in [0.25, 0.3) is 5.91 Å². The SMILES string of the molecule is CNC(=O)C(C(C)O)N(C)CC1CCC2(CN(OCc3ccccc3)C2=O)N1C(=O)OC(C)(C)C. The second-order valence-electron chi connectivity index (χ2n) is 10.4. The number of hydroxylamine groups is 2. The van der Waals surface area contributed by atoms with Gasteiger partial charge in [-0.2, -0.15) is 0 Å². The average Bonchev–Trinajstić information content (AvgIpc) is 3.16. The minimum absolute atomic E-state index is 0.243. The molecule has 2 N–H and O–H groups in total. The highest BCUT2D eigenvalue weighted by atomic mass is 16.7. The van der Waals surface area contributed by atoms with E-state index in [0.29, 0.717) is 19.4 Å². The first-order valence-electron chi connectivity index (χ1n) is 12.0. The van der Waals surface area contributed by atoms with Crippen molar-refractivity contribution >= 4 is 17.9 Å². The Bertz CT molecular complexity index is 918. The van der Waals surface area contributed by atoms with Gasteiger partial charge in [-0.25, -0.2) is 9.86 Å². The molecule has 0 aliphatic carbocycles. The summed E-state index contributed by atoms with van der Waals surface area (Å²) in [6.07, 6.45) is -0.466. The summed E-state index contributed by atoms with van der Waals surface area (Å²) >= 11 is 0. The van der Waals surface area contributed by atoms with Gasteiger partial charge in [-0.3, -0.25) is 24.2 Å². The highest BCUT2D eigenvalue weighted by Crippen LogP contribution is 2.43. The van der Waals surface area contributed by atoms with Crippen LogP contribution in [0.4, 0.5) is 4.79 Å². The van der Waals surface area contributed by atoms with Crippen LogP contribution in [0.2, 0.25) is 0 Å². The standard InChI is InChI=1S/C25H38N4O6/c1-17(30)20(21(31)26-5)27(6)14-19-12-13-25(29(19)23(33)35-24(2,3)4)16-28(22(25)32)34-15-18-10-8-7-9-11-18/h7-11,17,19-20,30H,12-16H2,1-6H3,(H,26,31). The summed E-state index contributed by atoms with van der Waals surface area (Å²) in [4.78, 5) is 48.0. The van der Waals surface area contributed by atoms with Crippen LogP contribution in [0.25, 0.3) is 0 Å². The van der Waals surface area contributed by atoms with Gasteiger partial charge in [-0.15, -0.1) is 0 Å². The summed E-state index contributed by atoms with van der Waals surface area (Å²) in [6, 6.07) is 8.38. The second kappa shape index (κ2) is 10.5. The van der Waals surface area contributed by atoms with Crippen molar-refractivity contribution in [3.63, 3.8) is 0 Å². The Kier molecular flexibility index (Phi) is 8.08. The zero-order chi connectivity index (χ0) is 26.0. The lowest BCUT2D eigenvalue weighted by atomic mass is 9.88. The van der Waals surface area contributed by atoms with Crippen molar-refractivity contribution in [3.8, 4) is 0 Å². The van der Waals surface area contributed by atoms with E-state index < -0.39 is 29.4 Å². The number of carbonyl (C=O) groups is 3. The number of amides is 3. The third kappa shape index (κ3) is 5.76. The summed E-state index contributed by atoms with van der Waals surface area (Å²) in [5, 5.41) is 14.1. The topological polar surface area (TPSA) is 112 Å². The van der Waals surface area contributed by atoms with Gasteiger partial charge in [0.1, 0.15) is 23.8 Å². The number of nitrogens with one attached hydrogen (secondary N) is 1. The Balaban J connectivity index is 1.77. The maximum Gasteiger partial charge on any atom is 0.411 e. The number of likely N-dealkylation sites (N-methyl/N-ethyl adjacent to an activating group) is 2. The summed E-state index contributed by atoms with van der Waals surface area (Å²) in [6.45, 7) is 7.68. The number of carbonyl (C=O) groups excluding carboxylic acids is 3. The van der Waals surface area contributed by atoms with Gasteiger partial charge in [0.2, 0.25) is 5.91 Å². The highest BCUT2D eigenvalue weighted by Gasteiger charge is 2.64. The number of hydrogen-bond donors (Lipinski definition) is 2. The van der Waals surface area contributed by atoms with E-state index in [2.05, 4.69) is 5.32 Å². The maximum atomic E-state index is 13.3. The third-order valence-electron chi connectivity index (χ3n) is 6.51. The van der Waals surface area contributed by atoms with Gasteiger partial charge in [0.05, 0.1) is 12.6 Å². The molecule has 0 bridgehead atoms. The molecule has 1 aromatic rings. The molecule has 10 heteroatoms. The highest BCUT2D eigenvalue weighted by molar-refractivity contribution is 5.95. The summed E-state index contributed by atoms with van der Waals surface area (Å²) in [5.74, 6) is -0.595. The molecule has 2 aliphatic rings. The Labute approximate surface area is 207 Å². The molecule has 1 spiro atoms. The first-order chi connectivity index (χ1) is 16.4. The van der Waals surface area contributed by atoms with Gasteiger partial charge in [-0.05, 0) is 53.1 Å². The minimum atomic E-state index is -1.04. The van der Waals surface area contributed by atoms with Crippen LogP contribution in [0.3, 0.4) is 0 Å². The minimum Gasteiger partial charge on any atom is -0.444 e. The van der Waals surface area contributed by atoms with Gasteiger partial charge in [0, 0.05) is 19.6 Å². The second-order valence-corrected chi connectivity index (χ2v) is 10.4. The molecule has 0 aromatic heterocycles. The first kappa shape index (κ1) is 26.9. The lowest BCUT2D eigenvalue weighted by Crippen LogP contribution is -2.74. The van der Waals surface area contributed by atoms with Crippen LogP contribution in [0, 0.1) is 0 Å². The number of nitrogens with zero attached hydrogens (tertiary/aromatic N) is 3. The number of hydrogen-bond acceptors (Lipinski definition) is 7. The van der Waals surface area contributed by atoms with Crippen LogP contribution in [0.1, 0.15) is 46.1 Å². The van der Waals surface area contributed by atoms with E-state index in [1.165, 1.54) is 17.0 Å². The fourth-order valence-corrected chi connectivity index (χ4v) is 4.91. The summed E-state index contributed by atoms with van der Waals surface area (Å²) in [7, 11) is 3.24. The summed E-state index contributed by atoms with van der Waals surface area (Å²) in [5.41, 5.74) is -0.843. The first-order valence-corrected chi connectivity index (χ1v) is 12.0. The zero-order valence-corrected chi connectivity index (χ0v) is 21.5. The molecule has 35 heavy (non-hydrogen) atoms. The van der Waals surface area contributed by atoms with Gasteiger partial charge in [-0.1, -0.05) is 30.3 Å². The smallest absolute Gasteiger partial charge is 0.411 e. The number of rotatable bonds is 8. The lowest BCUT2D eigenvalue weighted by Gasteiger charge is -2.51. The number of ether oxygens (including phenoxy) is 1. The lowest BCUT2D eigenvalue weighted by molar-refractivity contribution is -0.242. The van der Waals surface area contributed by atoms with Crippen molar-refractivity contribution in [2.75, 3.05) is 27.2 Å². The molecule has 2 fully saturated rings. The third-order valence-corrected chi connectivity index (χ3v) is 6.51. The number of aliphatic hydroxyl groups excluding tert-OH is 1. The Morgan fingerprint density at radius 3 is 2.49 bits per heavy atom. The molecule has 194 valence electrons. The molecule has 2 aliphatic heterocycles. The molecule has 4 atom stereocenters. The Hall–Kier alpha value is -2.69. The number of aliphatic hydroxyl groups is 1. The molecular formula is C25H38N4O6. The molecular weight excluding hydrogens is 452 g/mol. The van der Waals surface area contributed by atoms with Crippen LogP contribution >= 0.6 is 0 Å². The Morgan fingerprint density at radius 1 is 1.29 bits per heavy atom. The zero-order valence-electron chi connectivity index (χ0n) is 21.5. The van der Waals surface area contributed by atoms with Crippen molar-refractivity contribution in [2.45, 2.75) is 76.5 Å². The molecule has 0 saturated carbocycles. The van der Waals surface area contributed by atoms with E-state index in [9.17, 15) is 19.5 Å². The predicted molar refractivity (Wildman–Crippen MR) is 129 cm³/mol. The Morgan fingerprint density at radius 2 is 1.94 bits per heavy atom. The van der Waals surface area contributed by atoms with E-state index in [-0.39, 0.29) is 31.0 Å². The van der Waals surface area contributed by atoms with Gasteiger partial charge >= 0.3 is 6.09 Å². The normalized spacial score (nSPS) is 23.9. The van der Waals surface area contributed by atoms with Crippen molar-refractivity contribution in [3.05, 3.63) is 35.9 Å². The molecule has 4 unspecified atom stereocenters. The predicted octanol–water partition coefficient (Wildman–Crippen LogP) is 1.53.